The minimum Gasteiger partial charge on any atom is -0.229 e. The zero-order valence-electron chi connectivity index (χ0n) is 10.7. The number of aromatic nitrogens is 1. The molecule has 1 aromatic rings. The highest BCUT2D eigenvalue weighted by Crippen LogP contribution is 2.33. The van der Waals surface area contributed by atoms with Gasteiger partial charge in [-0.3, -0.25) is 0 Å². The number of halogens is 1. The van der Waals surface area contributed by atoms with Gasteiger partial charge in [0.15, 0.2) is 8.68 Å². The first-order chi connectivity index (χ1) is 8.32. The first kappa shape index (κ1) is 14.2. The van der Waals surface area contributed by atoms with Gasteiger partial charge in [-0.2, -0.15) is 4.31 Å². The van der Waals surface area contributed by atoms with Crippen LogP contribution in [-0.2, 0) is 10.0 Å². The Morgan fingerprint density at radius 1 is 1.50 bits per heavy atom. The van der Waals surface area contributed by atoms with Crippen molar-refractivity contribution in [2.75, 3.05) is 13.1 Å². The van der Waals surface area contributed by atoms with Crippen molar-refractivity contribution in [2.45, 2.75) is 31.4 Å². The smallest absolute Gasteiger partial charge is 0.229 e. The van der Waals surface area contributed by atoms with Gasteiger partial charge in [0.25, 0.3) is 10.0 Å². The average molecular weight is 309 g/mol. The van der Waals surface area contributed by atoms with Gasteiger partial charge in [0, 0.05) is 13.1 Å². The van der Waals surface area contributed by atoms with Crippen LogP contribution in [0.3, 0.4) is 0 Å². The Labute approximate surface area is 117 Å². The van der Waals surface area contributed by atoms with Crippen molar-refractivity contribution in [3.05, 3.63) is 10.2 Å². The summed E-state index contributed by atoms with van der Waals surface area (Å²) < 4.78 is 27.1. The Kier molecular flexibility index (Phi) is 4.02. The Hall–Kier alpha value is -0.170. The molecule has 0 radical (unpaired) electrons. The van der Waals surface area contributed by atoms with E-state index >= 15 is 0 Å². The minimum atomic E-state index is -3.41. The van der Waals surface area contributed by atoms with Crippen LogP contribution in [0, 0.1) is 18.8 Å². The van der Waals surface area contributed by atoms with Crippen molar-refractivity contribution >= 4 is 33.0 Å². The second-order valence-electron chi connectivity index (χ2n) is 5.00. The monoisotopic (exact) mass is 308 g/mol. The lowest BCUT2D eigenvalue weighted by Crippen LogP contribution is -2.29. The third-order valence-electron chi connectivity index (χ3n) is 3.43. The van der Waals surface area contributed by atoms with Gasteiger partial charge in [-0.1, -0.05) is 36.8 Å². The molecule has 0 aliphatic carbocycles. The highest BCUT2D eigenvalue weighted by Gasteiger charge is 2.35. The maximum atomic E-state index is 12.5. The summed E-state index contributed by atoms with van der Waals surface area (Å²) in [5.74, 6) is 0.958. The number of aryl methyl sites for hydroxylation is 1. The lowest BCUT2D eigenvalue weighted by Gasteiger charge is -2.17. The summed E-state index contributed by atoms with van der Waals surface area (Å²) >= 11 is 6.82. The number of hydrogen-bond acceptors (Lipinski definition) is 4. The zero-order valence-corrected chi connectivity index (χ0v) is 13.1. The minimum absolute atomic E-state index is 0.283. The molecule has 0 spiro atoms. The Morgan fingerprint density at radius 3 is 2.61 bits per heavy atom. The average Bonchev–Trinajstić information content (AvgIpc) is 2.85. The van der Waals surface area contributed by atoms with Crippen LogP contribution in [0.4, 0.5) is 0 Å². The van der Waals surface area contributed by atoms with Gasteiger partial charge in [-0.15, -0.1) is 0 Å². The predicted molar refractivity (Wildman–Crippen MR) is 73.6 cm³/mol. The van der Waals surface area contributed by atoms with Crippen LogP contribution in [-0.4, -0.2) is 30.8 Å². The van der Waals surface area contributed by atoms with Crippen LogP contribution in [0.1, 0.15) is 26.0 Å². The molecule has 1 unspecified atom stereocenters. The predicted octanol–water partition coefficient (Wildman–Crippen LogP) is 2.77. The molecule has 0 bridgehead atoms. The fourth-order valence-electron chi connectivity index (χ4n) is 2.22. The second-order valence-corrected chi connectivity index (χ2v) is 8.71. The molecule has 4 nitrogen and oxygen atoms in total. The van der Waals surface area contributed by atoms with Crippen molar-refractivity contribution < 1.29 is 8.42 Å². The molecule has 0 N–H and O–H groups in total. The van der Waals surface area contributed by atoms with E-state index in [2.05, 4.69) is 18.8 Å². The number of thiazole rings is 1. The molecule has 0 aromatic carbocycles. The van der Waals surface area contributed by atoms with Crippen molar-refractivity contribution in [3.63, 3.8) is 0 Å². The van der Waals surface area contributed by atoms with Gasteiger partial charge in [-0.05, 0) is 25.2 Å². The molecule has 1 fully saturated rings. The Morgan fingerprint density at radius 2 is 2.17 bits per heavy atom. The fourth-order valence-corrected chi connectivity index (χ4v) is 5.61. The van der Waals surface area contributed by atoms with E-state index in [1.807, 2.05) is 0 Å². The summed E-state index contributed by atoms with van der Waals surface area (Å²) in [5.41, 5.74) is 0.498. The van der Waals surface area contributed by atoms with Crippen molar-refractivity contribution in [3.8, 4) is 0 Å². The van der Waals surface area contributed by atoms with Crippen LogP contribution in [0.5, 0.6) is 0 Å². The molecule has 18 heavy (non-hydrogen) atoms. The molecule has 1 aliphatic heterocycles. The molecule has 1 saturated heterocycles. The molecular weight excluding hydrogens is 292 g/mol. The number of rotatable bonds is 3. The Balaban J connectivity index is 2.26. The molecule has 102 valence electrons. The zero-order chi connectivity index (χ0) is 13.5. The summed E-state index contributed by atoms with van der Waals surface area (Å²) in [6.07, 6.45) is 0.933. The van der Waals surface area contributed by atoms with E-state index in [1.54, 1.807) is 11.2 Å². The molecule has 1 aromatic heterocycles. The van der Waals surface area contributed by atoms with E-state index in [4.69, 9.17) is 11.6 Å². The molecule has 1 atom stereocenters. The van der Waals surface area contributed by atoms with Crippen LogP contribution in [0.15, 0.2) is 4.21 Å². The number of sulfonamides is 1. The quantitative estimate of drug-likeness (QED) is 0.862. The number of nitrogens with zero attached hydrogens (tertiary/aromatic N) is 2. The van der Waals surface area contributed by atoms with Gasteiger partial charge in [-0.25, -0.2) is 13.4 Å². The highest BCUT2D eigenvalue weighted by atomic mass is 35.5. The topological polar surface area (TPSA) is 50.3 Å². The molecule has 2 rings (SSSR count). The van der Waals surface area contributed by atoms with Crippen molar-refractivity contribution in [1.82, 2.24) is 9.29 Å². The summed E-state index contributed by atoms with van der Waals surface area (Å²) in [5, 5.41) is 0. The van der Waals surface area contributed by atoms with E-state index in [9.17, 15) is 8.42 Å². The van der Waals surface area contributed by atoms with Crippen LogP contribution in [0.2, 0.25) is 4.47 Å². The van der Waals surface area contributed by atoms with Gasteiger partial charge in [0.1, 0.15) is 0 Å². The largest absolute Gasteiger partial charge is 0.254 e. The Bertz CT molecular complexity index is 539. The van der Waals surface area contributed by atoms with Crippen LogP contribution >= 0.6 is 22.9 Å². The first-order valence-electron chi connectivity index (χ1n) is 5.95. The lowest BCUT2D eigenvalue weighted by atomic mass is 9.96. The van der Waals surface area contributed by atoms with Crippen LogP contribution in [0.25, 0.3) is 0 Å². The van der Waals surface area contributed by atoms with E-state index in [-0.39, 0.29) is 8.68 Å². The second kappa shape index (κ2) is 5.07. The molecule has 7 heteroatoms. The summed E-state index contributed by atoms with van der Waals surface area (Å²) in [7, 11) is -3.41. The lowest BCUT2D eigenvalue weighted by molar-refractivity contribution is 0.389. The summed E-state index contributed by atoms with van der Waals surface area (Å²) in [6, 6.07) is 0. The summed E-state index contributed by atoms with van der Waals surface area (Å²) in [4.78, 5) is 3.98. The fraction of sp³-hybridized carbons (Fsp3) is 0.727. The van der Waals surface area contributed by atoms with Gasteiger partial charge < -0.3 is 0 Å². The first-order valence-corrected chi connectivity index (χ1v) is 8.59. The van der Waals surface area contributed by atoms with Gasteiger partial charge in [0.2, 0.25) is 0 Å². The highest BCUT2D eigenvalue weighted by molar-refractivity contribution is 7.91. The maximum absolute atomic E-state index is 12.5. The van der Waals surface area contributed by atoms with Crippen LogP contribution < -0.4 is 0 Å². The third-order valence-corrected chi connectivity index (χ3v) is 7.15. The third kappa shape index (κ3) is 2.57. The molecule has 0 amide bonds. The summed E-state index contributed by atoms with van der Waals surface area (Å²) in [6.45, 7) is 7.16. The van der Waals surface area contributed by atoms with Crippen molar-refractivity contribution in [2.24, 2.45) is 11.8 Å². The molecule has 1 aliphatic rings. The van der Waals surface area contributed by atoms with Gasteiger partial charge >= 0.3 is 0 Å². The van der Waals surface area contributed by atoms with E-state index < -0.39 is 10.0 Å². The van der Waals surface area contributed by atoms with E-state index in [1.165, 1.54) is 0 Å². The normalized spacial score (nSPS) is 21.9. The SMILES string of the molecule is Cc1nc(Cl)sc1S(=O)(=O)N1CCC(C(C)C)C1. The molecular formula is C11H17ClN2O2S2. The maximum Gasteiger partial charge on any atom is 0.254 e. The van der Waals surface area contributed by atoms with Crippen molar-refractivity contribution in [1.29, 1.82) is 0 Å². The van der Waals surface area contributed by atoms with E-state index in [0.717, 1.165) is 17.8 Å². The standard InChI is InChI=1S/C11H17ClN2O2S2/c1-7(2)9-4-5-14(6-9)18(15,16)10-8(3)13-11(12)17-10/h7,9H,4-6H2,1-3H3. The number of hydrogen-bond donors (Lipinski definition) is 0. The van der Waals surface area contributed by atoms with Gasteiger partial charge in [0.05, 0.1) is 5.69 Å². The molecule has 0 saturated carbocycles. The molecule has 2 heterocycles. The van der Waals surface area contributed by atoms with E-state index in [0.29, 0.717) is 30.6 Å².